The summed E-state index contributed by atoms with van der Waals surface area (Å²) in [5.41, 5.74) is 0. The minimum atomic E-state index is 0.134. The molecular formula is C6H12N2O. The van der Waals surface area contributed by atoms with E-state index in [1.54, 1.807) is 14.2 Å². The van der Waals surface area contributed by atoms with E-state index in [1.165, 1.54) is 4.90 Å². The molecule has 0 heterocycles. The van der Waals surface area contributed by atoms with E-state index in [-0.39, 0.29) is 6.10 Å². The lowest BCUT2D eigenvalue weighted by Crippen LogP contribution is -2.24. The van der Waals surface area contributed by atoms with Crippen LogP contribution in [-0.2, 0) is 4.74 Å². The maximum Gasteiger partial charge on any atom is 0.179 e. The van der Waals surface area contributed by atoms with Crippen LogP contribution in [0.1, 0.15) is 6.92 Å². The van der Waals surface area contributed by atoms with E-state index < -0.39 is 0 Å². The Balaban J connectivity index is 3.37. The molecule has 0 saturated heterocycles. The molecule has 0 fully saturated rings. The van der Waals surface area contributed by atoms with Crippen molar-refractivity contribution in [1.82, 2.24) is 4.90 Å². The second-order valence-corrected chi connectivity index (χ2v) is 2.03. The first-order valence-electron chi connectivity index (χ1n) is 2.84. The van der Waals surface area contributed by atoms with Crippen molar-refractivity contribution in [3.05, 3.63) is 0 Å². The van der Waals surface area contributed by atoms with E-state index in [2.05, 4.69) is 0 Å². The first-order valence-corrected chi connectivity index (χ1v) is 2.84. The highest BCUT2D eigenvalue weighted by atomic mass is 16.5. The number of ether oxygens (including phenoxy) is 1. The zero-order valence-corrected chi connectivity index (χ0v) is 6.09. The molecule has 0 amide bonds. The third-order valence-electron chi connectivity index (χ3n) is 1.10. The van der Waals surface area contributed by atoms with Gasteiger partial charge in [-0.05, 0) is 6.92 Å². The van der Waals surface area contributed by atoms with Crippen molar-refractivity contribution in [3.63, 3.8) is 0 Å². The molecule has 1 atom stereocenters. The van der Waals surface area contributed by atoms with Crippen molar-refractivity contribution in [1.29, 1.82) is 5.26 Å². The molecule has 9 heavy (non-hydrogen) atoms. The number of rotatable bonds is 3. The smallest absolute Gasteiger partial charge is 0.179 e. The maximum absolute atomic E-state index is 8.30. The van der Waals surface area contributed by atoms with E-state index in [4.69, 9.17) is 10.00 Å². The van der Waals surface area contributed by atoms with Gasteiger partial charge < -0.3 is 9.64 Å². The average Bonchev–Trinajstić information content (AvgIpc) is 1.87. The van der Waals surface area contributed by atoms with Gasteiger partial charge in [0.1, 0.15) is 0 Å². The van der Waals surface area contributed by atoms with Crippen LogP contribution in [0, 0.1) is 11.5 Å². The third kappa shape index (κ3) is 3.80. The van der Waals surface area contributed by atoms with Crippen LogP contribution in [0.15, 0.2) is 0 Å². The maximum atomic E-state index is 8.30. The highest BCUT2D eigenvalue weighted by Crippen LogP contribution is 1.89. The van der Waals surface area contributed by atoms with Crippen molar-refractivity contribution in [2.45, 2.75) is 13.0 Å². The SMILES string of the molecule is COC(C)CN(C)C#N. The van der Waals surface area contributed by atoms with Crippen LogP contribution in [-0.4, -0.2) is 31.7 Å². The molecule has 3 heteroatoms. The highest BCUT2D eigenvalue weighted by molar-refractivity contribution is 4.70. The summed E-state index contributed by atoms with van der Waals surface area (Å²) in [4.78, 5) is 1.54. The van der Waals surface area contributed by atoms with Gasteiger partial charge in [0.25, 0.3) is 0 Å². The fourth-order valence-electron chi connectivity index (χ4n) is 0.501. The molecule has 0 radical (unpaired) electrons. The highest BCUT2D eigenvalue weighted by Gasteiger charge is 2.00. The lowest BCUT2D eigenvalue weighted by molar-refractivity contribution is 0.0992. The molecule has 52 valence electrons. The number of likely N-dealkylation sites (N-methyl/N-ethyl adjacent to an activating group) is 1. The third-order valence-corrected chi connectivity index (χ3v) is 1.10. The van der Waals surface area contributed by atoms with Gasteiger partial charge in [-0.3, -0.25) is 0 Å². The Kier molecular flexibility index (Phi) is 3.81. The van der Waals surface area contributed by atoms with Gasteiger partial charge in [-0.15, -0.1) is 0 Å². The van der Waals surface area contributed by atoms with Crippen molar-refractivity contribution < 1.29 is 4.74 Å². The van der Waals surface area contributed by atoms with Crippen LogP contribution < -0.4 is 0 Å². The molecule has 0 bridgehead atoms. The van der Waals surface area contributed by atoms with Crippen LogP contribution in [0.25, 0.3) is 0 Å². The summed E-state index contributed by atoms with van der Waals surface area (Å²) < 4.78 is 4.93. The Morgan fingerprint density at radius 3 is 2.67 bits per heavy atom. The normalized spacial score (nSPS) is 12.2. The summed E-state index contributed by atoms with van der Waals surface area (Å²) >= 11 is 0. The van der Waals surface area contributed by atoms with E-state index in [9.17, 15) is 0 Å². The summed E-state index contributed by atoms with van der Waals surface area (Å²) in [7, 11) is 3.37. The molecule has 0 aromatic heterocycles. The Morgan fingerprint density at radius 1 is 1.78 bits per heavy atom. The molecule has 0 rings (SSSR count). The summed E-state index contributed by atoms with van der Waals surface area (Å²) in [6.07, 6.45) is 2.12. The summed E-state index contributed by atoms with van der Waals surface area (Å²) in [6.45, 7) is 2.58. The van der Waals surface area contributed by atoms with Crippen molar-refractivity contribution in [3.8, 4) is 6.19 Å². The lowest BCUT2D eigenvalue weighted by Gasteiger charge is -2.13. The standard InChI is InChI=1S/C6H12N2O/c1-6(9-3)4-8(2)5-7/h6H,4H2,1-3H3. The van der Waals surface area contributed by atoms with Gasteiger partial charge in [-0.1, -0.05) is 0 Å². The van der Waals surface area contributed by atoms with Crippen LogP contribution >= 0.6 is 0 Å². The summed E-state index contributed by atoms with van der Waals surface area (Å²) in [6, 6.07) is 0. The molecule has 0 aliphatic rings. The molecule has 0 aliphatic heterocycles. The Labute approximate surface area is 55.8 Å². The molecule has 0 N–H and O–H groups in total. The van der Waals surface area contributed by atoms with Crippen molar-refractivity contribution in [2.24, 2.45) is 0 Å². The number of hydrogen-bond acceptors (Lipinski definition) is 3. The zero-order valence-electron chi connectivity index (χ0n) is 6.09. The fourth-order valence-corrected chi connectivity index (χ4v) is 0.501. The van der Waals surface area contributed by atoms with E-state index in [0.717, 1.165) is 0 Å². The second kappa shape index (κ2) is 4.16. The molecule has 3 nitrogen and oxygen atoms in total. The van der Waals surface area contributed by atoms with Crippen LogP contribution in [0.2, 0.25) is 0 Å². The van der Waals surface area contributed by atoms with Gasteiger partial charge in [-0.25, -0.2) is 0 Å². The monoisotopic (exact) mass is 128 g/mol. The summed E-state index contributed by atoms with van der Waals surface area (Å²) in [5.74, 6) is 0. The van der Waals surface area contributed by atoms with Crippen molar-refractivity contribution in [2.75, 3.05) is 20.7 Å². The van der Waals surface area contributed by atoms with Gasteiger partial charge in [0.2, 0.25) is 0 Å². The lowest BCUT2D eigenvalue weighted by atomic mass is 10.4. The van der Waals surface area contributed by atoms with Gasteiger partial charge >= 0.3 is 0 Å². The quantitative estimate of drug-likeness (QED) is 0.408. The predicted molar refractivity (Wildman–Crippen MR) is 34.7 cm³/mol. The minimum absolute atomic E-state index is 0.134. The second-order valence-electron chi connectivity index (χ2n) is 2.03. The average molecular weight is 128 g/mol. The van der Waals surface area contributed by atoms with Gasteiger partial charge in [0, 0.05) is 14.2 Å². The van der Waals surface area contributed by atoms with Crippen LogP contribution in [0.5, 0.6) is 0 Å². The fraction of sp³-hybridized carbons (Fsp3) is 0.833. The molecule has 0 aliphatic carbocycles. The zero-order chi connectivity index (χ0) is 7.28. The van der Waals surface area contributed by atoms with Crippen LogP contribution in [0.4, 0.5) is 0 Å². The molecule has 0 spiro atoms. The van der Waals surface area contributed by atoms with E-state index >= 15 is 0 Å². The summed E-state index contributed by atoms with van der Waals surface area (Å²) in [5, 5.41) is 8.30. The molecule has 0 aromatic rings. The largest absolute Gasteiger partial charge is 0.380 e. The molecule has 1 unspecified atom stereocenters. The van der Waals surface area contributed by atoms with Gasteiger partial charge in [0.05, 0.1) is 12.6 Å². The van der Waals surface area contributed by atoms with Crippen molar-refractivity contribution >= 4 is 0 Å². The van der Waals surface area contributed by atoms with Crippen LogP contribution in [0.3, 0.4) is 0 Å². The number of nitrogens with zero attached hydrogens (tertiary/aromatic N) is 2. The topological polar surface area (TPSA) is 36.3 Å². The molecule has 0 saturated carbocycles. The van der Waals surface area contributed by atoms with E-state index in [0.29, 0.717) is 6.54 Å². The molecule has 0 aromatic carbocycles. The minimum Gasteiger partial charge on any atom is -0.380 e. The molecular weight excluding hydrogens is 116 g/mol. The number of nitriles is 1. The predicted octanol–water partition coefficient (Wildman–Crippen LogP) is 0.434. The Morgan fingerprint density at radius 2 is 2.33 bits per heavy atom. The number of methoxy groups -OCH3 is 1. The van der Waals surface area contributed by atoms with E-state index in [1.807, 2.05) is 13.1 Å². The Hall–Kier alpha value is -0.750. The first-order chi connectivity index (χ1) is 4.20. The van der Waals surface area contributed by atoms with Gasteiger partial charge in [0.15, 0.2) is 6.19 Å². The van der Waals surface area contributed by atoms with Gasteiger partial charge in [-0.2, -0.15) is 5.26 Å². The Bertz CT molecular complexity index is 108. The first kappa shape index (κ1) is 8.25. The number of hydrogen-bond donors (Lipinski definition) is 0.